The van der Waals surface area contributed by atoms with Crippen molar-refractivity contribution in [2.45, 2.75) is 43.8 Å². The number of nitrogens with two attached hydrogens (primary N) is 2. The van der Waals surface area contributed by atoms with Gasteiger partial charge in [0.2, 0.25) is 23.6 Å². The van der Waals surface area contributed by atoms with Crippen LogP contribution in [0.5, 0.6) is 0 Å². The lowest BCUT2D eigenvalue weighted by atomic mass is 10.1. The highest BCUT2D eigenvalue weighted by atomic mass is 16.4. The molecular formula is C15H23N5O10. The number of hydrogen-bond acceptors (Lipinski definition) is 8. The number of rotatable bonds is 14. The molecule has 0 aromatic heterocycles. The third-order valence-corrected chi connectivity index (χ3v) is 3.47. The number of nitrogens with one attached hydrogen (secondary N) is 3. The summed E-state index contributed by atoms with van der Waals surface area (Å²) in [6, 6.07) is -4.60. The van der Waals surface area contributed by atoms with Crippen LogP contribution in [0.4, 0.5) is 0 Å². The van der Waals surface area contributed by atoms with Gasteiger partial charge in [0.25, 0.3) is 0 Å². The number of carbonyl (C=O) groups excluding carboxylic acids is 4. The summed E-state index contributed by atoms with van der Waals surface area (Å²) in [5, 5.41) is 32.4. The lowest BCUT2D eigenvalue weighted by Crippen LogP contribution is -2.54. The summed E-state index contributed by atoms with van der Waals surface area (Å²) in [4.78, 5) is 79.0. The summed E-state index contributed by atoms with van der Waals surface area (Å²) >= 11 is 0. The van der Waals surface area contributed by atoms with Gasteiger partial charge in [-0.1, -0.05) is 0 Å². The Kier molecular flexibility index (Phi) is 11.1. The van der Waals surface area contributed by atoms with Crippen LogP contribution in [0.1, 0.15) is 25.7 Å². The molecule has 0 aliphatic heterocycles. The van der Waals surface area contributed by atoms with Crippen molar-refractivity contribution in [1.29, 1.82) is 0 Å². The van der Waals surface area contributed by atoms with Gasteiger partial charge in [-0.25, -0.2) is 4.79 Å². The Balaban J connectivity index is 4.87. The van der Waals surface area contributed by atoms with Crippen LogP contribution >= 0.6 is 0 Å². The van der Waals surface area contributed by atoms with E-state index in [9.17, 15) is 33.6 Å². The van der Waals surface area contributed by atoms with Gasteiger partial charge in [0.15, 0.2) is 0 Å². The number of aliphatic carboxylic acids is 3. The first-order valence-electron chi connectivity index (χ1n) is 8.41. The van der Waals surface area contributed by atoms with E-state index in [1.807, 2.05) is 16.0 Å². The van der Waals surface area contributed by atoms with Crippen molar-refractivity contribution in [1.82, 2.24) is 16.0 Å². The summed E-state index contributed by atoms with van der Waals surface area (Å²) in [6.45, 7) is -0.783. The molecule has 10 N–H and O–H groups in total. The highest BCUT2D eigenvalue weighted by Crippen LogP contribution is 1.99. The molecule has 0 rings (SSSR count). The highest BCUT2D eigenvalue weighted by molar-refractivity contribution is 5.95. The quantitative estimate of drug-likeness (QED) is 0.130. The van der Waals surface area contributed by atoms with Gasteiger partial charge in [-0.15, -0.1) is 0 Å². The normalized spacial score (nSPS) is 13.2. The van der Waals surface area contributed by atoms with E-state index in [0.717, 1.165) is 0 Å². The van der Waals surface area contributed by atoms with E-state index in [-0.39, 0.29) is 0 Å². The lowest BCUT2D eigenvalue weighted by Gasteiger charge is -2.19. The number of hydrogen-bond donors (Lipinski definition) is 8. The number of carboxylic acid groups (broad SMARTS) is 3. The summed E-state index contributed by atoms with van der Waals surface area (Å²) in [5.74, 6) is -8.25. The molecule has 0 saturated heterocycles. The van der Waals surface area contributed by atoms with Gasteiger partial charge in [-0.05, 0) is 6.42 Å². The minimum atomic E-state index is -1.65. The first kappa shape index (κ1) is 26.2. The molecule has 30 heavy (non-hydrogen) atoms. The predicted molar refractivity (Wildman–Crippen MR) is 95.4 cm³/mol. The Bertz CT molecular complexity index is 710. The number of carbonyl (C=O) groups is 7. The zero-order valence-electron chi connectivity index (χ0n) is 15.6. The summed E-state index contributed by atoms with van der Waals surface area (Å²) < 4.78 is 0. The zero-order valence-corrected chi connectivity index (χ0v) is 15.6. The van der Waals surface area contributed by atoms with E-state index in [1.54, 1.807) is 0 Å². The van der Waals surface area contributed by atoms with Crippen molar-refractivity contribution in [2.24, 2.45) is 11.5 Å². The fourth-order valence-electron chi connectivity index (χ4n) is 2.03. The van der Waals surface area contributed by atoms with Gasteiger partial charge in [0.05, 0.1) is 25.4 Å². The molecule has 0 radical (unpaired) electrons. The molecule has 0 aromatic carbocycles. The van der Waals surface area contributed by atoms with Gasteiger partial charge in [-0.2, -0.15) is 0 Å². The Morgan fingerprint density at radius 3 is 1.87 bits per heavy atom. The van der Waals surface area contributed by atoms with Gasteiger partial charge < -0.3 is 42.7 Å². The van der Waals surface area contributed by atoms with Crippen molar-refractivity contribution >= 4 is 41.5 Å². The van der Waals surface area contributed by atoms with Crippen LogP contribution in [0, 0.1) is 0 Å². The molecule has 4 amide bonds. The monoisotopic (exact) mass is 433 g/mol. The van der Waals surface area contributed by atoms with E-state index in [2.05, 4.69) is 0 Å². The van der Waals surface area contributed by atoms with Gasteiger partial charge in [0, 0.05) is 6.42 Å². The molecule has 3 atom stereocenters. The molecular weight excluding hydrogens is 410 g/mol. The first-order valence-corrected chi connectivity index (χ1v) is 8.41. The molecule has 0 fully saturated rings. The van der Waals surface area contributed by atoms with Crippen LogP contribution in [0.3, 0.4) is 0 Å². The molecule has 3 unspecified atom stereocenters. The highest BCUT2D eigenvalue weighted by Gasteiger charge is 2.27. The van der Waals surface area contributed by atoms with E-state index in [1.165, 1.54) is 0 Å². The molecule has 0 bridgehead atoms. The molecule has 0 heterocycles. The second-order valence-corrected chi connectivity index (χ2v) is 6.04. The number of primary amides is 1. The number of carboxylic acids is 3. The topological polar surface area (TPSA) is 268 Å². The molecule has 0 saturated carbocycles. The maximum Gasteiger partial charge on any atom is 0.326 e. The zero-order chi connectivity index (χ0) is 23.4. The first-order chi connectivity index (χ1) is 13.8. The molecule has 15 nitrogen and oxygen atoms in total. The average molecular weight is 433 g/mol. The summed E-state index contributed by atoms with van der Waals surface area (Å²) in [5.41, 5.74) is 10.3. The standard InChI is InChI=1S/C15H23N5O10/c16-6(3-9(17)21)13(27)20-8(4-12(25)26)14(28)18-5-10(22)19-7(15(29)30)1-2-11(23)24/h6-8H,1-5,16H2,(H2,17,21)(H,18,28)(H,19,22)(H,20,27)(H,23,24)(H,25,26)(H,29,30). The van der Waals surface area contributed by atoms with Gasteiger partial charge in [-0.3, -0.25) is 28.8 Å². The Labute approximate surface area is 169 Å². The second kappa shape index (κ2) is 12.7. The van der Waals surface area contributed by atoms with Gasteiger partial charge in [0.1, 0.15) is 12.1 Å². The van der Waals surface area contributed by atoms with Crippen LogP contribution in [-0.4, -0.2) is 81.5 Å². The predicted octanol–water partition coefficient (Wildman–Crippen LogP) is -4.30. The van der Waals surface area contributed by atoms with Crippen molar-refractivity contribution in [3.63, 3.8) is 0 Å². The van der Waals surface area contributed by atoms with Crippen molar-refractivity contribution in [3.05, 3.63) is 0 Å². The van der Waals surface area contributed by atoms with Crippen molar-refractivity contribution in [2.75, 3.05) is 6.54 Å². The fourth-order valence-corrected chi connectivity index (χ4v) is 2.03. The van der Waals surface area contributed by atoms with Crippen LogP contribution in [-0.2, 0) is 33.6 Å². The van der Waals surface area contributed by atoms with Crippen molar-refractivity contribution < 1.29 is 48.9 Å². The molecule has 0 aliphatic carbocycles. The Morgan fingerprint density at radius 1 is 0.800 bits per heavy atom. The third kappa shape index (κ3) is 11.2. The van der Waals surface area contributed by atoms with E-state index in [4.69, 9.17) is 26.8 Å². The molecule has 168 valence electrons. The van der Waals surface area contributed by atoms with Crippen molar-refractivity contribution in [3.8, 4) is 0 Å². The smallest absolute Gasteiger partial charge is 0.326 e. The van der Waals surface area contributed by atoms with Gasteiger partial charge >= 0.3 is 17.9 Å². The third-order valence-electron chi connectivity index (χ3n) is 3.47. The van der Waals surface area contributed by atoms with E-state index in [0.29, 0.717) is 0 Å². The minimum Gasteiger partial charge on any atom is -0.481 e. The number of amides is 4. The Morgan fingerprint density at radius 2 is 1.40 bits per heavy atom. The maximum absolute atomic E-state index is 12.1. The lowest BCUT2D eigenvalue weighted by molar-refractivity contribution is -0.143. The molecule has 15 heteroatoms. The molecule has 0 aromatic rings. The second-order valence-electron chi connectivity index (χ2n) is 6.04. The van der Waals surface area contributed by atoms with Crippen LogP contribution in [0.2, 0.25) is 0 Å². The largest absolute Gasteiger partial charge is 0.481 e. The van der Waals surface area contributed by atoms with Crippen LogP contribution < -0.4 is 27.4 Å². The van der Waals surface area contributed by atoms with Crippen LogP contribution in [0.15, 0.2) is 0 Å². The molecule has 0 spiro atoms. The van der Waals surface area contributed by atoms with Crippen LogP contribution in [0.25, 0.3) is 0 Å². The SMILES string of the molecule is NC(=O)CC(N)C(=O)NC(CC(=O)O)C(=O)NCC(=O)NC(CCC(=O)O)C(=O)O. The summed E-state index contributed by atoms with van der Waals surface area (Å²) in [6.07, 6.45) is -2.36. The summed E-state index contributed by atoms with van der Waals surface area (Å²) in [7, 11) is 0. The minimum absolute atomic E-state index is 0.403. The Hall–Kier alpha value is -3.75. The maximum atomic E-state index is 12.1. The van der Waals surface area contributed by atoms with E-state index >= 15 is 0 Å². The van der Waals surface area contributed by atoms with E-state index < -0.39 is 91.9 Å². The molecule has 0 aliphatic rings. The average Bonchev–Trinajstić information content (AvgIpc) is 2.60. The fraction of sp³-hybridized carbons (Fsp3) is 0.533.